The van der Waals surface area contributed by atoms with Gasteiger partial charge in [0.1, 0.15) is 5.75 Å². The van der Waals surface area contributed by atoms with Crippen LogP contribution in [0.25, 0.3) is 0 Å². The first kappa shape index (κ1) is 16.4. The monoisotopic (exact) mass is 279 g/mol. The fourth-order valence-electron chi connectivity index (χ4n) is 1.66. The van der Waals surface area contributed by atoms with Crippen molar-refractivity contribution in [2.24, 2.45) is 0 Å². The number of rotatable bonds is 8. The van der Waals surface area contributed by atoms with E-state index < -0.39 is 0 Å². The molecule has 0 radical (unpaired) electrons. The van der Waals surface area contributed by atoms with Gasteiger partial charge in [-0.1, -0.05) is 13.8 Å². The van der Waals surface area contributed by atoms with Crippen LogP contribution in [0.4, 0.5) is 0 Å². The summed E-state index contributed by atoms with van der Waals surface area (Å²) in [5.74, 6) is 0.560. The van der Waals surface area contributed by atoms with Crippen molar-refractivity contribution in [3.63, 3.8) is 0 Å². The summed E-state index contributed by atoms with van der Waals surface area (Å²) in [5.41, 5.74) is 1.78. The Labute approximate surface area is 121 Å². The number of carbonyl (C=O) groups is 1. The van der Waals surface area contributed by atoms with E-state index in [0.717, 1.165) is 24.4 Å². The lowest BCUT2D eigenvalue weighted by molar-refractivity contribution is -0.123. The highest BCUT2D eigenvalue weighted by molar-refractivity contribution is 5.77. The van der Waals surface area contributed by atoms with Gasteiger partial charge in [0.15, 0.2) is 6.61 Å². The Kier molecular flexibility index (Phi) is 7.01. The molecule has 1 heterocycles. The third-order valence-electron chi connectivity index (χ3n) is 2.99. The van der Waals surface area contributed by atoms with E-state index in [4.69, 9.17) is 4.74 Å². The molecule has 0 fully saturated rings. The van der Waals surface area contributed by atoms with E-state index in [1.807, 2.05) is 39.8 Å². The number of hydrogen-bond donors (Lipinski definition) is 2. The molecule has 5 nitrogen and oxygen atoms in total. The molecule has 0 bridgehead atoms. The predicted molar refractivity (Wildman–Crippen MR) is 79.7 cm³/mol. The van der Waals surface area contributed by atoms with Crippen molar-refractivity contribution in [1.29, 1.82) is 0 Å². The molecule has 2 N–H and O–H groups in total. The highest BCUT2D eigenvalue weighted by Gasteiger charge is 2.10. The maximum Gasteiger partial charge on any atom is 0.258 e. The van der Waals surface area contributed by atoms with Gasteiger partial charge >= 0.3 is 0 Å². The minimum atomic E-state index is -0.102. The fourth-order valence-corrected chi connectivity index (χ4v) is 1.66. The Morgan fingerprint density at radius 3 is 2.80 bits per heavy atom. The van der Waals surface area contributed by atoms with Gasteiger partial charge in [0.25, 0.3) is 5.91 Å². The summed E-state index contributed by atoms with van der Waals surface area (Å²) in [4.78, 5) is 16.2. The van der Waals surface area contributed by atoms with Crippen LogP contribution in [0.1, 0.15) is 38.6 Å². The Bertz CT molecular complexity index is 435. The molecule has 0 aliphatic rings. The van der Waals surface area contributed by atoms with E-state index in [2.05, 4.69) is 15.6 Å². The Morgan fingerprint density at radius 2 is 2.15 bits per heavy atom. The molecule has 1 aromatic rings. The summed E-state index contributed by atoms with van der Waals surface area (Å²) >= 11 is 0. The second kappa shape index (κ2) is 8.53. The number of ether oxygens (including phenoxy) is 1. The van der Waals surface area contributed by atoms with Gasteiger partial charge in [-0.05, 0) is 38.9 Å². The number of carbonyl (C=O) groups excluding carboxylic acids is 1. The topological polar surface area (TPSA) is 63.3 Å². The highest BCUT2D eigenvalue weighted by Crippen LogP contribution is 2.16. The molecular weight excluding hydrogens is 254 g/mol. The molecule has 0 saturated carbocycles. The largest absolute Gasteiger partial charge is 0.482 e. The van der Waals surface area contributed by atoms with Gasteiger partial charge in [0, 0.05) is 18.3 Å². The van der Waals surface area contributed by atoms with Crippen molar-refractivity contribution >= 4 is 5.91 Å². The smallest absolute Gasteiger partial charge is 0.258 e. The minimum Gasteiger partial charge on any atom is -0.482 e. The van der Waals surface area contributed by atoms with E-state index >= 15 is 0 Å². The van der Waals surface area contributed by atoms with Crippen LogP contribution < -0.4 is 15.4 Å². The zero-order valence-electron chi connectivity index (χ0n) is 12.8. The molecule has 1 rings (SSSR count). The van der Waals surface area contributed by atoms with E-state index in [-0.39, 0.29) is 18.6 Å². The Balaban J connectivity index is 2.60. The van der Waals surface area contributed by atoms with E-state index in [1.165, 1.54) is 0 Å². The summed E-state index contributed by atoms with van der Waals surface area (Å²) in [6, 6.07) is 3.92. The van der Waals surface area contributed by atoms with Crippen LogP contribution in [-0.2, 0) is 11.3 Å². The van der Waals surface area contributed by atoms with E-state index in [9.17, 15) is 4.79 Å². The van der Waals surface area contributed by atoms with Crippen LogP contribution in [0, 0.1) is 6.92 Å². The predicted octanol–water partition coefficient (Wildman–Crippen LogP) is 1.79. The molecule has 0 aliphatic heterocycles. The molecule has 1 amide bonds. The summed E-state index contributed by atoms with van der Waals surface area (Å²) in [6.45, 7) is 9.51. The van der Waals surface area contributed by atoms with E-state index in [0.29, 0.717) is 12.3 Å². The molecule has 1 atom stereocenters. The summed E-state index contributed by atoms with van der Waals surface area (Å²) in [7, 11) is 0. The number of pyridine rings is 1. The maximum atomic E-state index is 11.7. The van der Waals surface area contributed by atoms with Crippen molar-refractivity contribution in [2.75, 3.05) is 13.2 Å². The lowest BCUT2D eigenvalue weighted by atomic mass is 10.2. The molecule has 0 aliphatic carbocycles. The average Bonchev–Trinajstić information content (AvgIpc) is 2.43. The first-order chi connectivity index (χ1) is 9.56. The van der Waals surface area contributed by atoms with Gasteiger partial charge in [-0.15, -0.1) is 0 Å². The quantitative estimate of drug-likeness (QED) is 0.761. The molecule has 112 valence electrons. The summed E-state index contributed by atoms with van der Waals surface area (Å²) in [5, 5.41) is 6.09. The lowest BCUT2D eigenvalue weighted by Gasteiger charge is -2.14. The lowest BCUT2D eigenvalue weighted by Crippen LogP contribution is -2.35. The van der Waals surface area contributed by atoms with Crippen LogP contribution in [0.2, 0.25) is 0 Å². The molecule has 0 saturated heterocycles. The second-order valence-corrected chi connectivity index (χ2v) is 4.84. The number of aromatic nitrogens is 1. The zero-order chi connectivity index (χ0) is 15.0. The normalized spacial score (nSPS) is 12.0. The minimum absolute atomic E-state index is 0.0220. The fraction of sp³-hybridized carbons (Fsp3) is 0.600. The van der Waals surface area contributed by atoms with Crippen LogP contribution in [0.15, 0.2) is 12.1 Å². The number of hydrogen-bond acceptors (Lipinski definition) is 4. The summed E-state index contributed by atoms with van der Waals surface area (Å²) in [6.07, 6.45) is 0.906. The Morgan fingerprint density at radius 1 is 1.40 bits per heavy atom. The standard InChI is InChI=1S/C15H25N3O2/c1-5-11(3)18-15(19)10-20-14-8-7-12(4)17-13(14)9-16-6-2/h7-8,11,16H,5-6,9-10H2,1-4H3,(H,18,19). The average molecular weight is 279 g/mol. The Hall–Kier alpha value is -1.62. The van der Waals surface area contributed by atoms with Crippen molar-refractivity contribution < 1.29 is 9.53 Å². The maximum absolute atomic E-state index is 11.7. The van der Waals surface area contributed by atoms with Crippen LogP contribution in [0.5, 0.6) is 5.75 Å². The first-order valence-corrected chi connectivity index (χ1v) is 7.16. The van der Waals surface area contributed by atoms with Gasteiger partial charge in [0.2, 0.25) is 0 Å². The molecule has 1 aromatic heterocycles. The van der Waals surface area contributed by atoms with Crippen molar-refractivity contribution in [3.8, 4) is 5.75 Å². The number of nitrogens with one attached hydrogen (secondary N) is 2. The third-order valence-corrected chi connectivity index (χ3v) is 2.99. The van der Waals surface area contributed by atoms with Crippen molar-refractivity contribution in [2.45, 2.75) is 46.7 Å². The van der Waals surface area contributed by atoms with Gasteiger partial charge in [-0.25, -0.2) is 0 Å². The van der Waals surface area contributed by atoms with Gasteiger partial charge in [-0.3, -0.25) is 9.78 Å². The van der Waals surface area contributed by atoms with E-state index in [1.54, 1.807) is 0 Å². The second-order valence-electron chi connectivity index (χ2n) is 4.84. The summed E-state index contributed by atoms with van der Waals surface area (Å²) < 4.78 is 5.58. The van der Waals surface area contributed by atoms with Crippen LogP contribution >= 0.6 is 0 Å². The van der Waals surface area contributed by atoms with Crippen LogP contribution in [-0.4, -0.2) is 30.1 Å². The number of amides is 1. The third kappa shape index (κ3) is 5.57. The SMILES string of the molecule is CCNCc1nc(C)ccc1OCC(=O)NC(C)CC. The molecule has 5 heteroatoms. The molecular formula is C15H25N3O2. The van der Waals surface area contributed by atoms with Gasteiger partial charge in [-0.2, -0.15) is 0 Å². The van der Waals surface area contributed by atoms with Gasteiger partial charge in [0.05, 0.1) is 5.69 Å². The number of aryl methyl sites for hydroxylation is 1. The van der Waals surface area contributed by atoms with Crippen molar-refractivity contribution in [1.82, 2.24) is 15.6 Å². The van der Waals surface area contributed by atoms with Crippen molar-refractivity contribution in [3.05, 3.63) is 23.5 Å². The molecule has 0 spiro atoms. The highest BCUT2D eigenvalue weighted by atomic mass is 16.5. The first-order valence-electron chi connectivity index (χ1n) is 7.16. The van der Waals surface area contributed by atoms with Gasteiger partial charge < -0.3 is 15.4 Å². The molecule has 20 heavy (non-hydrogen) atoms. The molecule has 0 aromatic carbocycles. The zero-order valence-corrected chi connectivity index (χ0v) is 12.8. The number of nitrogens with zero attached hydrogens (tertiary/aromatic N) is 1. The van der Waals surface area contributed by atoms with Crippen LogP contribution in [0.3, 0.4) is 0 Å². The molecule has 1 unspecified atom stereocenters.